The van der Waals surface area contributed by atoms with Gasteiger partial charge in [0.25, 0.3) is 0 Å². The zero-order valence-electron chi connectivity index (χ0n) is 11.1. The Morgan fingerprint density at radius 3 is 2.84 bits per heavy atom. The molecule has 0 saturated heterocycles. The van der Waals surface area contributed by atoms with Gasteiger partial charge in [0.05, 0.1) is 25.4 Å². The third kappa shape index (κ3) is 5.84. The van der Waals surface area contributed by atoms with Crippen molar-refractivity contribution in [1.29, 1.82) is 0 Å². The van der Waals surface area contributed by atoms with E-state index in [9.17, 15) is 9.50 Å². The summed E-state index contributed by atoms with van der Waals surface area (Å²) in [5, 5.41) is 12.7. The molecule has 2 N–H and O–H groups in total. The van der Waals surface area contributed by atoms with Crippen LogP contribution in [-0.2, 0) is 11.3 Å². The number of aliphatic hydroxyl groups is 1. The number of aliphatic hydroxyl groups excluding tert-OH is 1. The van der Waals surface area contributed by atoms with Gasteiger partial charge in [0.2, 0.25) is 0 Å². The largest absolute Gasteiger partial charge is 0.389 e. The van der Waals surface area contributed by atoms with Gasteiger partial charge in [0.15, 0.2) is 0 Å². The van der Waals surface area contributed by atoms with Crippen molar-refractivity contribution in [2.24, 2.45) is 0 Å². The van der Waals surface area contributed by atoms with E-state index in [0.717, 1.165) is 6.42 Å². The Bertz CT molecular complexity index is 417. The van der Waals surface area contributed by atoms with Gasteiger partial charge in [-0.15, -0.1) is 6.42 Å². The van der Waals surface area contributed by atoms with E-state index >= 15 is 0 Å². The number of rotatable bonds is 8. The first-order valence-corrected chi connectivity index (χ1v) is 6.36. The van der Waals surface area contributed by atoms with E-state index in [-0.39, 0.29) is 25.1 Å². The molecular formula is C15H20FNO2. The van der Waals surface area contributed by atoms with Crippen molar-refractivity contribution < 1.29 is 14.2 Å². The summed E-state index contributed by atoms with van der Waals surface area (Å²) in [6.45, 7) is 2.62. The maximum Gasteiger partial charge on any atom is 0.128 e. The summed E-state index contributed by atoms with van der Waals surface area (Å²) in [4.78, 5) is 0. The first-order chi connectivity index (χ1) is 9.17. The number of hydrogen-bond acceptors (Lipinski definition) is 3. The van der Waals surface area contributed by atoms with Gasteiger partial charge in [0, 0.05) is 12.1 Å². The molecule has 19 heavy (non-hydrogen) atoms. The Kier molecular flexibility index (Phi) is 7.12. The minimum atomic E-state index is -0.658. The van der Waals surface area contributed by atoms with E-state index in [1.807, 2.05) is 6.92 Å². The molecule has 1 aromatic rings. The second kappa shape index (κ2) is 8.65. The molecule has 0 radical (unpaired) electrons. The van der Waals surface area contributed by atoms with Gasteiger partial charge in [-0.05, 0) is 12.5 Å². The second-order valence-electron chi connectivity index (χ2n) is 4.30. The SMILES string of the molecule is C#CC(CC)NCC(O)COCc1ccccc1F. The predicted octanol–water partition coefficient (Wildman–Crippen LogP) is 1.70. The van der Waals surface area contributed by atoms with E-state index in [1.54, 1.807) is 18.2 Å². The Hall–Kier alpha value is -1.41. The number of terminal acetylenes is 1. The summed E-state index contributed by atoms with van der Waals surface area (Å²) >= 11 is 0. The van der Waals surface area contributed by atoms with Gasteiger partial charge in [-0.1, -0.05) is 31.0 Å². The lowest BCUT2D eigenvalue weighted by Crippen LogP contribution is -2.36. The first-order valence-electron chi connectivity index (χ1n) is 6.36. The first kappa shape index (κ1) is 15.6. The molecule has 2 unspecified atom stereocenters. The Labute approximate surface area is 113 Å². The number of nitrogens with one attached hydrogen (secondary N) is 1. The van der Waals surface area contributed by atoms with Crippen LogP contribution in [0.4, 0.5) is 4.39 Å². The zero-order chi connectivity index (χ0) is 14.1. The molecule has 0 aliphatic heterocycles. The number of hydrogen-bond donors (Lipinski definition) is 2. The second-order valence-corrected chi connectivity index (χ2v) is 4.30. The predicted molar refractivity (Wildman–Crippen MR) is 73.0 cm³/mol. The van der Waals surface area contributed by atoms with Gasteiger partial charge in [0.1, 0.15) is 5.82 Å². The third-order valence-electron chi connectivity index (χ3n) is 2.73. The molecule has 0 amide bonds. The van der Waals surface area contributed by atoms with Crippen molar-refractivity contribution in [3.8, 4) is 12.3 Å². The van der Waals surface area contributed by atoms with Gasteiger partial charge in [-0.25, -0.2) is 4.39 Å². The van der Waals surface area contributed by atoms with Crippen LogP contribution in [0, 0.1) is 18.2 Å². The Morgan fingerprint density at radius 1 is 1.47 bits per heavy atom. The van der Waals surface area contributed by atoms with Crippen LogP contribution < -0.4 is 5.32 Å². The van der Waals surface area contributed by atoms with E-state index in [0.29, 0.717) is 12.1 Å². The van der Waals surface area contributed by atoms with Crippen molar-refractivity contribution in [3.05, 3.63) is 35.6 Å². The molecule has 0 bridgehead atoms. The van der Waals surface area contributed by atoms with Crippen molar-refractivity contribution in [2.45, 2.75) is 32.1 Å². The van der Waals surface area contributed by atoms with Crippen LogP contribution in [-0.4, -0.2) is 30.4 Å². The maximum atomic E-state index is 13.3. The summed E-state index contributed by atoms with van der Waals surface area (Å²) in [6.07, 6.45) is 5.44. The van der Waals surface area contributed by atoms with Crippen LogP contribution in [0.15, 0.2) is 24.3 Å². The number of benzene rings is 1. The average Bonchev–Trinajstić information content (AvgIpc) is 2.42. The molecule has 1 rings (SSSR count). The fraction of sp³-hybridized carbons (Fsp3) is 0.467. The third-order valence-corrected chi connectivity index (χ3v) is 2.73. The highest BCUT2D eigenvalue weighted by Gasteiger charge is 2.08. The average molecular weight is 265 g/mol. The molecule has 104 valence electrons. The molecule has 0 aliphatic carbocycles. The highest BCUT2D eigenvalue weighted by molar-refractivity contribution is 5.16. The summed E-state index contributed by atoms with van der Waals surface area (Å²) in [5.74, 6) is 2.29. The molecule has 0 heterocycles. The van der Waals surface area contributed by atoms with Crippen molar-refractivity contribution in [2.75, 3.05) is 13.2 Å². The number of halogens is 1. The molecule has 2 atom stereocenters. The fourth-order valence-electron chi connectivity index (χ4n) is 1.58. The standard InChI is InChI=1S/C15H20FNO2/c1-3-13(4-2)17-9-14(18)11-19-10-12-7-5-6-8-15(12)16/h1,5-8,13-14,17-18H,4,9-11H2,2H3. The summed E-state index contributed by atoms with van der Waals surface area (Å²) in [5.41, 5.74) is 0.484. The lowest BCUT2D eigenvalue weighted by Gasteiger charge is -2.15. The highest BCUT2D eigenvalue weighted by Crippen LogP contribution is 2.07. The van der Waals surface area contributed by atoms with Crippen LogP contribution >= 0.6 is 0 Å². The molecule has 0 aromatic heterocycles. The summed E-state index contributed by atoms with van der Waals surface area (Å²) in [6, 6.07) is 6.38. The van der Waals surface area contributed by atoms with Crippen LogP contribution in [0.2, 0.25) is 0 Å². The molecule has 0 fully saturated rings. The molecule has 3 nitrogen and oxygen atoms in total. The maximum absolute atomic E-state index is 13.3. The van der Waals surface area contributed by atoms with Gasteiger partial charge < -0.3 is 15.2 Å². The minimum Gasteiger partial charge on any atom is -0.389 e. The van der Waals surface area contributed by atoms with E-state index < -0.39 is 6.10 Å². The van der Waals surface area contributed by atoms with Crippen LogP contribution in [0.3, 0.4) is 0 Å². The highest BCUT2D eigenvalue weighted by atomic mass is 19.1. The van der Waals surface area contributed by atoms with Gasteiger partial charge in [-0.2, -0.15) is 0 Å². The van der Waals surface area contributed by atoms with E-state index in [4.69, 9.17) is 11.2 Å². The Balaban J connectivity index is 2.22. The lowest BCUT2D eigenvalue weighted by molar-refractivity contribution is 0.0273. The van der Waals surface area contributed by atoms with Gasteiger partial charge in [-0.3, -0.25) is 0 Å². The van der Waals surface area contributed by atoms with Crippen LogP contribution in [0.25, 0.3) is 0 Å². The summed E-state index contributed by atoms with van der Waals surface area (Å²) in [7, 11) is 0. The number of ether oxygens (including phenoxy) is 1. The zero-order valence-corrected chi connectivity index (χ0v) is 11.1. The topological polar surface area (TPSA) is 41.5 Å². The Morgan fingerprint density at radius 2 is 2.21 bits per heavy atom. The van der Waals surface area contributed by atoms with Crippen molar-refractivity contribution >= 4 is 0 Å². The molecule has 4 heteroatoms. The van der Waals surface area contributed by atoms with Gasteiger partial charge >= 0.3 is 0 Å². The normalized spacial score (nSPS) is 13.8. The van der Waals surface area contributed by atoms with Crippen LogP contribution in [0.1, 0.15) is 18.9 Å². The molecular weight excluding hydrogens is 245 g/mol. The van der Waals surface area contributed by atoms with E-state index in [2.05, 4.69) is 11.2 Å². The monoisotopic (exact) mass is 265 g/mol. The molecule has 0 spiro atoms. The van der Waals surface area contributed by atoms with Crippen molar-refractivity contribution in [1.82, 2.24) is 5.32 Å². The van der Waals surface area contributed by atoms with E-state index in [1.165, 1.54) is 6.07 Å². The smallest absolute Gasteiger partial charge is 0.128 e. The lowest BCUT2D eigenvalue weighted by atomic mass is 10.2. The minimum absolute atomic E-state index is 0.0405. The molecule has 0 aliphatic rings. The fourth-order valence-corrected chi connectivity index (χ4v) is 1.58. The quantitative estimate of drug-likeness (QED) is 0.703. The van der Waals surface area contributed by atoms with Crippen LogP contribution in [0.5, 0.6) is 0 Å². The summed E-state index contributed by atoms with van der Waals surface area (Å²) < 4.78 is 18.6. The molecule has 1 aromatic carbocycles. The van der Waals surface area contributed by atoms with Crippen molar-refractivity contribution in [3.63, 3.8) is 0 Å². The molecule has 0 saturated carbocycles.